The molecule has 1 fully saturated rings. The quantitative estimate of drug-likeness (QED) is 0.586. The zero-order valence-electron chi connectivity index (χ0n) is 18.0. The summed E-state index contributed by atoms with van der Waals surface area (Å²) in [4.78, 5) is 5.12. The molecule has 1 saturated heterocycles. The SMILES string of the molecule is CCCc1ccc(S(=O)(=O)NCCCN2CCN(c3ccc(OC)cc3)CC2)cc1. The summed E-state index contributed by atoms with van der Waals surface area (Å²) in [5, 5.41) is 0. The van der Waals surface area contributed by atoms with Gasteiger partial charge in [-0.2, -0.15) is 0 Å². The Morgan fingerprint density at radius 1 is 0.967 bits per heavy atom. The van der Waals surface area contributed by atoms with Crippen LogP contribution in [0.1, 0.15) is 25.3 Å². The fourth-order valence-corrected chi connectivity index (χ4v) is 4.81. The van der Waals surface area contributed by atoms with Crippen molar-refractivity contribution in [3.8, 4) is 5.75 Å². The molecule has 0 atom stereocenters. The summed E-state index contributed by atoms with van der Waals surface area (Å²) < 4.78 is 32.9. The molecule has 0 bridgehead atoms. The topological polar surface area (TPSA) is 61.9 Å². The largest absolute Gasteiger partial charge is 0.497 e. The second kappa shape index (κ2) is 10.8. The van der Waals surface area contributed by atoms with Crippen LogP contribution in [0, 0.1) is 0 Å². The lowest BCUT2D eigenvalue weighted by atomic mass is 10.1. The van der Waals surface area contributed by atoms with E-state index in [-0.39, 0.29) is 0 Å². The molecule has 7 heteroatoms. The van der Waals surface area contributed by atoms with Crippen LogP contribution in [0.5, 0.6) is 5.75 Å². The Labute approximate surface area is 180 Å². The highest BCUT2D eigenvalue weighted by molar-refractivity contribution is 7.89. The molecular weight excluding hydrogens is 398 g/mol. The lowest BCUT2D eigenvalue weighted by Gasteiger charge is -2.36. The minimum absolute atomic E-state index is 0.343. The number of nitrogens with zero attached hydrogens (tertiary/aromatic N) is 2. The van der Waals surface area contributed by atoms with Gasteiger partial charge in [0.1, 0.15) is 5.75 Å². The molecule has 2 aromatic rings. The first-order valence-electron chi connectivity index (χ1n) is 10.7. The highest BCUT2D eigenvalue weighted by Crippen LogP contribution is 2.20. The van der Waals surface area contributed by atoms with Crippen molar-refractivity contribution >= 4 is 15.7 Å². The molecule has 3 rings (SSSR count). The van der Waals surface area contributed by atoms with E-state index in [9.17, 15) is 8.42 Å². The van der Waals surface area contributed by atoms with Crippen LogP contribution in [0.3, 0.4) is 0 Å². The molecule has 1 aliphatic rings. The molecule has 0 aromatic heterocycles. The number of piperazine rings is 1. The average Bonchev–Trinajstić information content (AvgIpc) is 2.78. The highest BCUT2D eigenvalue weighted by atomic mass is 32.2. The fraction of sp³-hybridized carbons (Fsp3) is 0.478. The van der Waals surface area contributed by atoms with Gasteiger partial charge in [-0.05, 0) is 61.3 Å². The maximum absolute atomic E-state index is 12.5. The molecule has 1 N–H and O–H groups in total. The van der Waals surface area contributed by atoms with E-state index in [1.54, 1.807) is 19.2 Å². The summed E-state index contributed by atoms with van der Waals surface area (Å²) >= 11 is 0. The number of rotatable bonds is 10. The van der Waals surface area contributed by atoms with Gasteiger partial charge in [0.15, 0.2) is 0 Å². The minimum atomic E-state index is -3.43. The van der Waals surface area contributed by atoms with Crippen molar-refractivity contribution in [2.24, 2.45) is 0 Å². The molecule has 0 radical (unpaired) electrons. The van der Waals surface area contributed by atoms with Crippen molar-refractivity contribution in [1.82, 2.24) is 9.62 Å². The van der Waals surface area contributed by atoms with Crippen molar-refractivity contribution in [2.45, 2.75) is 31.1 Å². The Morgan fingerprint density at radius 3 is 2.23 bits per heavy atom. The predicted octanol–water partition coefficient (Wildman–Crippen LogP) is 3.14. The maximum atomic E-state index is 12.5. The van der Waals surface area contributed by atoms with E-state index in [2.05, 4.69) is 33.6 Å². The van der Waals surface area contributed by atoms with Gasteiger partial charge < -0.3 is 9.64 Å². The second-order valence-electron chi connectivity index (χ2n) is 7.67. The molecule has 0 aliphatic carbocycles. The number of anilines is 1. The number of sulfonamides is 1. The van der Waals surface area contributed by atoms with Gasteiger partial charge in [0.2, 0.25) is 10.0 Å². The zero-order chi connectivity index (χ0) is 21.4. The molecule has 0 amide bonds. The Bertz CT molecular complexity index is 875. The smallest absolute Gasteiger partial charge is 0.240 e. The Balaban J connectivity index is 1.38. The highest BCUT2D eigenvalue weighted by Gasteiger charge is 2.18. The van der Waals surface area contributed by atoms with Crippen molar-refractivity contribution in [3.63, 3.8) is 0 Å². The van der Waals surface area contributed by atoms with Gasteiger partial charge in [0.05, 0.1) is 12.0 Å². The fourth-order valence-electron chi connectivity index (χ4n) is 3.74. The van der Waals surface area contributed by atoms with Gasteiger partial charge in [0, 0.05) is 38.4 Å². The van der Waals surface area contributed by atoms with E-state index >= 15 is 0 Å². The normalized spacial score (nSPS) is 15.3. The number of hydrogen-bond donors (Lipinski definition) is 1. The summed E-state index contributed by atoms with van der Waals surface area (Å²) in [5.41, 5.74) is 2.39. The summed E-state index contributed by atoms with van der Waals surface area (Å²) in [6.07, 6.45) is 2.83. The van der Waals surface area contributed by atoms with Crippen molar-refractivity contribution in [3.05, 3.63) is 54.1 Å². The molecule has 1 heterocycles. The van der Waals surface area contributed by atoms with Crippen LogP contribution in [0.25, 0.3) is 0 Å². The first-order valence-corrected chi connectivity index (χ1v) is 12.2. The van der Waals surface area contributed by atoms with E-state index in [4.69, 9.17) is 4.74 Å². The van der Waals surface area contributed by atoms with E-state index in [0.717, 1.165) is 57.7 Å². The van der Waals surface area contributed by atoms with Crippen LogP contribution in [0.4, 0.5) is 5.69 Å². The first kappa shape index (κ1) is 22.6. The molecule has 6 nitrogen and oxygen atoms in total. The molecule has 164 valence electrons. The van der Waals surface area contributed by atoms with Crippen molar-refractivity contribution < 1.29 is 13.2 Å². The lowest BCUT2D eigenvalue weighted by molar-refractivity contribution is 0.255. The van der Waals surface area contributed by atoms with Gasteiger partial charge in [-0.15, -0.1) is 0 Å². The second-order valence-corrected chi connectivity index (χ2v) is 9.44. The monoisotopic (exact) mass is 431 g/mol. The van der Waals surface area contributed by atoms with Crippen LogP contribution in [-0.2, 0) is 16.4 Å². The van der Waals surface area contributed by atoms with Crippen molar-refractivity contribution in [2.75, 3.05) is 51.3 Å². The summed E-state index contributed by atoms with van der Waals surface area (Å²) in [6.45, 7) is 7.39. The molecular formula is C23H33N3O3S. The molecule has 0 unspecified atom stereocenters. The van der Waals surface area contributed by atoms with Crippen LogP contribution in [-0.4, -0.2) is 59.7 Å². The van der Waals surface area contributed by atoms with Crippen LogP contribution < -0.4 is 14.4 Å². The molecule has 1 aliphatic heterocycles. The van der Waals surface area contributed by atoms with Crippen LogP contribution >= 0.6 is 0 Å². The summed E-state index contributed by atoms with van der Waals surface area (Å²) in [7, 11) is -1.75. The molecule has 0 spiro atoms. The van der Waals surface area contributed by atoms with Crippen molar-refractivity contribution in [1.29, 1.82) is 0 Å². The van der Waals surface area contributed by atoms with Gasteiger partial charge in [-0.1, -0.05) is 25.5 Å². The molecule has 2 aromatic carbocycles. The number of ether oxygens (including phenoxy) is 1. The lowest BCUT2D eigenvalue weighted by Crippen LogP contribution is -2.47. The average molecular weight is 432 g/mol. The maximum Gasteiger partial charge on any atom is 0.240 e. The Hall–Kier alpha value is -2.09. The van der Waals surface area contributed by atoms with E-state index in [1.807, 2.05) is 24.3 Å². The number of nitrogens with one attached hydrogen (secondary N) is 1. The summed E-state index contributed by atoms with van der Waals surface area (Å²) in [6, 6.07) is 15.4. The van der Waals surface area contributed by atoms with E-state index < -0.39 is 10.0 Å². The number of methoxy groups -OCH3 is 1. The van der Waals surface area contributed by atoms with Gasteiger partial charge in [0.25, 0.3) is 0 Å². The molecule has 30 heavy (non-hydrogen) atoms. The third-order valence-electron chi connectivity index (χ3n) is 5.53. The standard InChI is InChI=1S/C23H33N3O3S/c1-3-5-20-6-12-23(13-7-20)30(27,28)24-14-4-15-25-16-18-26(19-17-25)21-8-10-22(29-2)11-9-21/h6-13,24H,3-5,14-19H2,1-2H3. The Morgan fingerprint density at radius 2 is 1.63 bits per heavy atom. The zero-order valence-corrected chi connectivity index (χ0v) is 18.8. The number of aryl methyl sites for hydroxylation is 1. The third kappa shape index (κ3) is 6.20. The third-order valence-corrected chi connectivity index (χ3v) is 7.00. The van der Waals surface area contributed by atoms with Gasteiger partial charge in [-0.3, -0.25) is 4.90 Å². The Kier molecular flexibility index (Phi) is 8.13. The number of benzene rings is 2. The summed E-state index contributed by atoms with van der Waals surface area (Å²) in [5.74, 6) is 0.872. The number of hydrogen-bond acceptors (Lipinski definition) is 5. The van der Waals surface area contributed by atoms with Crippen LogP contribution in [0.2, 0.25) is 0 Å². The van der Waals surface area contributed by atoms with Gasteiger partial charge in [-0.25, -0.2) is 13.1 Å². The molecule has 0 saturated carbocycles. The predicted molar refractivity (Wildman–Crippen MR) is 122 cm³/mol. The minimum Gasteiger partial charge on any atom is -0.497 e. The van der Waals surface area contributed by atoms with E-state index in [1.165, 1.54) is 11.3 Å². The van der Waals surface area contributed by atoms with E-state index in [0.29, 0.717) is 11.4 Å². The first-order chi connectivity index (χ1) is 14.5. The van der Waals surface area contributed by atoms with Gasteiger partial charge >= 0.3 is 0 Å². The van der Waals surface area contributed by atoms with Crippen LogP contribution in [0.15, 0.2) is 53.4 Å².